The van der Waals surface area contributed by atoms with E-state index < -0.39 is 0 Å². The van der Waals surface area contributed by atoms with Crippen LogP contribution < -0.4 is 10.6 Å². The van der Waals surface area contributed by atoms with Gasteiger partial charge in [-0.3, -0.25) is 5.41 Å². The normalized spacial score (nSPS) is 16.1. The van der Waals surface area contributed by atoms with Crippen molar-refractivity contribution in [2.75, 3.05) is 11.9 Å². The molecule has 1 aromatic heterocycles. The van der Waals surface area contributed by atoms with Crippen molar-refractivity contribution in [3.8, 4) is 0 Å². The average molecular weight is 232 g/mol. The predicted molar refractivity (Wildman–Crippen MR) is 70.6 cm³/mol. The first kappa shape index (κ1) is 11.9. The number of nitrogen functional groups attached to an aromatic ring is 1. The lowest BCUT2D eigenvalue weighted by Gasteiger charge is -2.27. The minimum Gasteiger partial charge on any atom is -0.384 e. The molecule has 1 aromatic rings. The van der Waals surface area contributed by atoms with Crippen LogP contribution in [-0.4, -0.2) is 23.9 Å². The fourth-order valence-corrected chi connectivity index (χ4v) is 2.49. The molecular formula is C13H20N4. The molecule has 0 aromatic carbocycles. The molecule has 3 N–H and O–H groups in total. The molecule has 0 aliphatic heterocycles. The zero-order chi connectivity index (χ0) is 12.4. The third-order valence-electron chi connectivity index (χ3n) is 3.51. The molecule has 1 aliphatic carbocycles. The number of pyridine rings is 1. The number of aryl methyl sites for hydroxylation is 1. The molecule has 4 nitrogen and oxygen atoms in total. The SMILES string of the molecule is Cc1ccc(C(=N)N)c(N(C)C2CCCC2)n1. The van der Waals surface area contributed by atoms with Gasteiger partial charge in [0.1, 0.15) is 11.7 Å². The molecule has 0 bridgehead atoms. The van der Waals surface area contributed by atoms with Crippen molar-refractivity contribution in [3.05, 3.63) is 23.4 Å². The summed E-state index contributed by atoms with van der Waals surface area (Å²) in [5.41, 5.74) is 7.33. The summed E-state index contributed by atoms with van der Waals surface area (Å²) in [6, 6.07) is 4.34. The third-order valence-corrected chi connectivity index (χ3v) is 3.51. The van der Waals surface area contributed by atoms with Crippen molar-refractivity contribution in [2.45, 2.75) is 38.6 Å². The third kappa shape index (κ3) is 2.40. The summed E-state index contributed by atoms with van der Waals surface area (Å²) < 4.78 is 0. The van der Waals surface area contributed by atoms with Crippen LogP contribution in [0.2, 0.25) is 0 Å². The van der Waals surface area contributed by atoms with Crippen LogP contribution >= 0.6 is 0 Å². The Bertz CT molecular complexity index is 421. The van der Waals surface area contributed by atoms with Gasteiger partial charge < -0.3 is 10.6 Å². The van der Waals surface area contributed by atoms with Gasteiger partial charge >= 0.3 is 0 Å². The Hall–Kier alpha value is -1.58. The fourth-order valence-electron chi connectivity index (χ4n) is 2.49. The molecule has 0 unspecified atom stereocenters. The molecule has 4 heteroatoms. The van der Waals surface area contributed by atoms with Gasteiger partial charge in [0.25, 0.3) is 0 Å². The number of amidine groups is 1. The number of rotatable bonds is 3. The van der Waals surface area contributed by atoms with Crippen LogP contribution in [0.25, 0.3) is 0 Å². The summed E-state index contributed by atoms with van der Waals surface area (Å²) in [6.07, 6.45) is 5.00. The van der Waals surface area contributed by atoms with Crippen molar-refractivity contribution in [3.63, 3.8) is 0 Å². The predicted octanol–water partition coefficient (Wildman–Crippen LogP) is 2.05. The van der Waals surface area contributed by atoms with Gasteiger partial charge in [0.15, 0.2) is 0 Å². The van der Waals surface area contributed by atoms with Gasteiger partial charge in [0, 0.05) is 18.8 Å². The first-order valence-electron chi connectivity index (χ1n) is 6.14. The number of anilines is 1. The van der Waals surface area contributed by atoms with Gasteiger partial charge in [-0.1, -0.05) is 12.8 Å². The molecule has 92 valence electrons. The van der Waals surface area contributed by atoms with Gasteiger partial charge in [0.05, 0.1) is 5.56 Å². The number of hydrogen-bond acceptors (Lipinski definition) is 3. The minimum absolute atomic E-state index is 0.0948. The maximum absolute atomic E-state index is 7.62. The number of aromatic nitrogens is 1. The highest BCUT2D eigenvalue weighted by Crippen LogP contribution is 2.27. The quantitative estimate of drug-likeness (QED) is 0.619. The fraction of sp³-hybridized carbons (Fsp3) is 0.538. The van der Waals surface area contributed by atoms with E-state index in [9.17, 15) is 0 Å². The van der Waals surface area contributed by atoms with Crippen LogP contribution in [0.5, 0.6) is 0 Å². The monoisotopic (exact) mass is 232 g/mol. The van der Waals surface area contributed by atoms with Crippen molar-refractivity contribution in [1.82, 2.24) is 4.98 Å². The first-order valence-corrected chi connectivity index (χ1v) is 6.14. The molecule has 1 saturated carbocycles. The molecule has 2 rings (SSSR count). The van der Waals surface area contributed by atoms with Crippen LogP contribution in [-0.2, 0) is 0 Å². The topological polar surface area (TPSA) is 66.0 Å². The Morgan fingerprint density at radius 1 is 1.41 bits per heavy atom. The molecular weight excluding hydrogens is 212 g/mol. The lowest BCUT2D eigenvalue weighted by molar-refractivity contribution is 0.645. The molecule has 0 spiro atoms. The number of hydrogen-bond donors (Lipinski definition) is 2. The minimum atomic E-state index is 0.0948. The number of nitrogens with zero attached hydrogens (tertiary/aromatic N) is 2. The van der Waals surface area contributed by atoms with Gasteiger partial charge in [-0.15, -0.1) is 0 Å². The summed E-state index contributed by atoms with van der Waals surface area (Å²) >= 11 is 0. The van der Waals surface area contributed by atoms with E-state index in [1.54, 1.807) is 0 Å². The Labute approximate surface area is 102 Å². The zero-order valence-corrected chi connectivity index (χ0v) is 10.5. The Morgan fingerprint density at radius 2 is 2.06 bits per heavy atom. The molecule has 0 atom stereocenters. The molecule has 17 heavy (non-hydrogen) atoms. The summed E-state index contributed by atoms with van der Waals surface area (Å²) in [7, 11) is 2.06. The maximum atomic E-state index is 7.62. The Morgan fingerprint density at radius 3 is 2.65 bits per heavy atom. The van der Waals surface area contributed by atoms with Gasteiger partial charge in [-0.25, -0.2) is 4.98 Å². The first-order chi connectivity index (χ1) is 8.09. The highest BCUT2D eigenvalue weighted by molar-refractivity contribution is 5.99. The zero-order valence-electron chi connectivity index (χ0n) is 10.5. The van der Waals surface area contributed by atoms with Crippen LogP contribution in [0.1, 0.15) is 36.9 Å². The lowest BCUT2D eigenvalue weighted by Crippen LogP contribution is -2.32. The average Bonchev–Trinajstić information content (AvgIpc) is 2.80. The molecule has 1 heterocycles. The summed E-state index contributed by atoms with van der Waals surface area (Å²) in [5, 5.41) is 7.62. The maximum Gasteiger partial charge on any atom is 0.139 e. The lowest BCUT2D eigenvalue weighted by atomic mass is 10.1. The van der Waals surface area contributed by atoms with Crippen LogP contribution in [0, 0.1) is 12.3 Å². The smallest absolute Gasteiger partial charge is 0.139 e. The van der Waals surface area contributed by atoms with Gasteiger partial charge in [0.2, 0.25) is 0 Å². The van der Waals surface area contributed by atoms with E-state index in [4.69, 9.17) is 11.1 Å². The van der Waals surface area contributed by atoms with Crippen LogP contribution in [0.4, 0.5) is 5.82 Å². The van der Waals surface area contributed by atoms with E-state index in [0.717, 1.165) is 17.1 Å². The van der Waals surface area contributed by atoms with E-state index in [-0.39, 0.29) is 5.84 Å². The molecule has 0 radical (unpaired) electrons. The second kappa shape index (κ2) is 4.73. The molecule has 0 saturated heterocycles. The highest BCUT2D eigenvalue weighted by Gasteiger charge is 2.23. The Balaban J connectivity index is 2.34. The second-order valence-electron chi connectivity index (χ2n) is 4.79. The summed E-state index contributed by atoms with van der Waals surface area (Å²) in [6.45, 7) is 1.97. The van der Waals surface area contributed by atoms with Crippen LogP contribution in [0.15, 0.2) is 12.1 Å². The van der Waals surface area contributed by atoms with Crippen molar-refractivity contribution in [2.24, 2.45) is 5.73 Å². The number of nitrogens with two attached hydrogens (primary N) is 1. The number of nitrogens with one attached hydrogen (secondary N) is 1. The van der Waals surface area contributed by atoms with Gasteiger partial charge in [-0.05, 0) is 31.9 Å². The van der Waals surface area contributed by atoms with E-state index in [0.29, 0.717) is 6.04 Å². The van der Waals surface area contributed by atoms with Crippen molar-refractivity contribution >= 4 is 11.7 Å². The largest absolute Gasteiger partial charge is 0.384 e. The summed E-state index contributed by atoms with van der Waals surface area (Å²) in [5.74, 6) is 0.946. The highest BCUT2D eigenvalue weighted by atomic mass is 15.2. The van der Waals surface area contributed by atoms with E-state index >= 15 is 0 Å². The Kier molecular flexibility index (Phi) is 3.31. The van der Waals surface area contributed by atoms with E-state index in [1.165, 1.54) is 25.7 Å². The second-order valence-corrected chi connectivity index (χ2v) is 4.79. The molecule has 1 aliphatic rings. The summed E-state index contributed by atoms with van der Waals surface area (Å²) in [4.78, 5) is 6.74. The van der Waals surface area contributed by atoms with Gasteiger partial charge in [-0.2, -0.15) is 0 Å². The van der Waals surface area contributed by atoms with E-state index in [1.807, 2.05) is 19.1 Å². The van der Waals surface area contributed by atoms with Crippen molar-refractivity contribution < 1.29 is 0 Å². The van der Waals surface area contributed by atoms with Crippen molar-refractivity contribution in [1.29, 1.82) is 5.41 Å². The molecule has 1 fully saturated rings. The standard InChI is InChI=1S/C13H20N4/c1-9-7-8-11(12(14)15)13(16-9)17(2)10-5-3-4-6-10/h7-8,10H,3-6H2,1-2H3,(H3,14,15). The van der Waals surface area contributed by atoms with Crippen LogP contribution in [0.3, 0.4) is 0 Å². The molecule has 0 amide bonds. The van der Waals surface area contributed by atoms with E-state index in [2.05, 4.69) is 16.9 Å².